The largest absolute Gasteiger partial charge is 0.384 e. The van der Waals surface area contributed by atoms with Crippen LogP contribution in [0.3, 0.4) is 0 Å². The minimum Gasteiger partial charge on any atom is -0.384 e. The molecule has 3 rings (SSSR count). The molecule has 0 radical (unpaired) electrons. The third-order valence-electron chi connectivity index (χ3n) is 5.99. The lowest BCUT2D eigenvalue weighted by Crippen LogP contribution is -2.47. The highest BCUT2D eigenvalue weighted by Gasteiger charge is 2.32. The molecule has 0 spiro atoms. The van der Waals surface area contributed by atoms with Gasteiger partial charge in [0.15, 0.2) is 0 Å². The summed E-state index contributed by atoms with van der Waals surface area (Å²) in [4.78, 5) is 12.6. The summed E-state index contributed by atoms with van der Waals surface area (Å²) in [6.45, 7) is 3.38. The van der Waals surface area contributed by atoms with Crippen LogP contribution in [0.5, 0.6) is 0 Å². The first-order valence-electron chi connectivity index (χ1n) is 9.80. The number of hydrogen-bond donors (Lipinski definition) is 2. The normalized spacial score (nSPS) is 20.2. The van der Waals surface area contributed by atoms with Gasteiger partial charge in [-0.25, -0.2) is 0 Å². The zero-order valence-electron chi connectivity index (χ0n) is 15.9. The van der Waals surface area contributed by atoms with Gasteiger partial charge in [0.2, 0.25) is 0 Å². The number of hydrogen-bond acceptors (Lipinski definition) is 3. The molecule has 1 heterocycles. The van der Waals surface area contributed by atoms with E-state index in [-0.39, 0.29) is 23.7 Å². The lowest BCUT2D eigenvalue weighted by Gasteiger charge is -2.37. The van der Waals surface area contributed by atoms with Crippen LogP contribution in [0.1, 0.15) is 66.8 Å². The number of methoxy groups -OCH3 is 1. The number of carbonyl (C=O) groups is 1. The van der Waals surface area contributed by atoms with Gasteiger partial charge >= 0.3 is 0 Å². The van der Waals surface area contributed by atoms with Crippen molar-refractivity contribution in [3.8, 4) is 0 Å². The predicted octanol–water partition coefficient (Wildman–Crippen LogP) is 3.90. The highest BCUT2D eigenvalue weighted by Crippen LogP contribution is 2.32. The molecule has 1 aromatic rings. The second-order valence-corrected chi connectivity index (χ2v) is 7.82. The summed E-state index contributed by atoms with van der Waals surface area (Å²) in [5, 5.41) is 6.53. The van der Waals surface area contributed by atoms with E-state index in [2.05, 4.69) is 22.8 Å². The van der Waals surface area contributed by atoms with E-state index in [0.29, 0.717) is 19.1 Å². The molecule has 0 atom stereocenters. The molecule has 2 aliphatic rings. The molecule has 5 heteroatoms. The van der Waals surface area contributed by atoms with Crippen molar-refractivity contribution in [1.29, 1.82) is 0 Å². The van der Waals surface area contributed by atoms with Crippen LogP contribution in [0.15, 0.2) is 24.3 Å². The molecule has 26 heavy (non-hydrogen) atoms. The van der Waals surface area contributed by atoms with Gasteiger partial charge in [-0.05, 0) is 62.4 Å². The molecule has 1 aliphatic carbocycles. The van der Waals surface area contributed by atoms with Crippen LogP contribution in [0, 0.1) is 5.41 Å². The van der Waals surface area contributed by atoms with Crippen molar-refractivity contribution in [1.82, 2.24) is 10.6 Å². The van der Waals surface area contributed by atoms with E-state index in [4.69, 9.17) is 4.74 Å². The van der Waals surface area contributed by atoms with Crippen molar-refractivity contribution in [2.75, 3.05) is 33.4 Å². The number of carbonyl (C=O) groups excluding carboxylic acids is 1. The van der Waals surface area contributed by atoms with Crippen LogP contribution in [0.25, 0.3) is 0 Å². The Balaban J connectivity index is 0.00000243. The van der Waals surface area contributed by atoms with Crippen LogP contribution >= 0.6 is 12.4 Å². The Hall–Kier alpha value is -1.10. The van der Waals surface area contributed by atoms with E-state index >= 15 is 0 Å². The summed E-state index contributed by atoms with van der Waals surface area (Å²) in [5.74, 6) is 0.717. The molecule has 1 aliphatic heterocycles. The van der Waals surface area contributed by atoms with E-state index in [1.165, 1.54) is 37.7 Å². The Bertz CT molecular complexity index is 544. The third kappa shape index (κ3) is 5.45. The lowest BCUT2D eigenvalue weighted by atomic mass is 9.79. The third-order valence-corrected chi connectivity index (χ3v) is 5.99. The van der Waals surface area contributed by atoms with Gasteiger partial charge in [0.1, 0.15) is 0 Å². The zero-order valence-corrected chi connectivity index (χ0v) is 16.7. The monoisotopic (exact) mass is 380 g/mol. The van der Waals surface area contributed by atoms with Crippen LogP contribution in [-0.4, -0.2) is 39.3 Å². The molecule has 1 aromatic carbocycles. The van der Waals surface area contributed by atoms with Gasteiger partial charge in [0.25, 0.3) is 5.91 Å². The second-order valence-electron chi connectivity index (χ2n) is 7.82. The van der Waals surface area contributed by atoms with Crippen molar-refractivity contribution in [3.05, 3.63) is 35.4 Å². The number of benzene rings is 1. The maximum absolute atomic E-state index is 12.6. The smallest absolute Gasteiger partial charge is 0.251 e. The number of amides is 1. The topological polar surface area (TPSA) is 50.4 Å². The van der Waals surface area contributed by atoms with Crippen LogP contribution < -0.4 is 10.6 Å². The van der Waals surface area contributed by atoms with Crippen LogP contribution in [-0.2, 0) is 4.74 Å². The van der Waals surface area contributed by atoms with Gasteiger partial charge < -0.3 is 15.4 Å². The van der Waals surface area contributed by atoms with Gasteiger partial charge in [-0.1, -0.05) is 31.4 Å². The zero-order chi connectivity index (χ0) is 17.5. The Kier molecular flexibility index (Phi) is 8.39. The fourth-order valence-corrected chi connectivity index (χ4v) is 4.35. The standard InChI is InChI=1S/C21H32N2O2.ClH/c1-25-16-21(11-13-22-14-12-21)15-23-20(24)19-9-7-18(8-10-19)17-5-3-2-4-6-17;/h7-10,17,22H,2-6,11-16H2,1H3,(H,23,24);1H. The molecule has 0 bridgehead atoms. The summed E-state index contributed by atoms with van der Waals surface area (Å²) < 4.78 is 5.43. The molecule has 2 N–H and O–H groups in total. The van der Waals surface area contributed by atoms with Gasteiger partial charge in [-0.2, -0.15) is 0 Å². The fourth-order valence-electron chi connectivity index (χ4n) is 4.35. The van der Waals surface area contributed by atoms with Crippen molar-refractivity contribution in [2.24, 2.45) is 5.41 Å². The van der Waals surface area contributed by atoms with Crippen molar-refractivity contribution >= 4 is 18.3 Å². The maximum atomic E-state index is 12.6. The number of halogens is 1. The molecular formula is C21H33ClN2O2. The number of piperidine rings is 1. The number of nitrogens with one attached hydrogen (secondary N) is 2. The molecule has 2 fully saturated rings. The molecule has 0 unspecified atom stereocenters. The van der Waals surface area contributed by atoms with E-state index in [1.807, 2.05) is 12.1 Å². The minimum absolute atomic E-state index is 0. The maximum Gasteiger partial charge on any atom is 0.251 e. The van der Waals surface area contributed by atoms with Crippen LogP contribution in [0.4, 0.5) is 0 Å². The van der Waals surface area contributed by atoms with Crippen molar-refractivity contribution in [2.45, 2.75) is 50.9 Å². The number of ether oxygens (including phenoxy) is 1. The van der Waals surface area contributed by atoms with E-state index in [1.54, 1.807) is 7.11 Å². The first kappa shape index (κ1) is 21.2. The molecule has 146 valence electrons. The number of rotatable bonds is 6. The highest BCUT2D eigenvalue weighted by molar-refractivity contribution is 5.94. The van der Waals surface area contributed by atoms with Gasteiger partial charge in [-0.3, -0.25) is 4.79 Å². The first-order valence-corrected chi connectivity index (χ1v) is 9.80. The predicted molar refractivity (Wildman–Crippen MR) is 108 cm³/mol. The summed E-state index contributed by atoms with van der Waals surface area (Å²) in [6.07, 6.45) is 8.71. The average Bonchev–Trinajstić information content (AvgIpc) is 2.68. The first-order chi connectivity index (χ1) is 12.2. The van der Waals surface area contributed by atoms with E-state index in [9.17, 15) is 4.79 Å². The Morgan fingerprint density at radius 1 is 1.15 bits per heavy atom. The molecule has 0 aromatic heterocycles. The summed E-state index contributed by atoms with van der Waals surface area (Å²) in [5.41, 5.74) is 2.23. The van der Waals surface area contributed by atoms with Gasteiger partial charge in [0.05, 0.1) is 6.61 Å². The van der Waals surface area contributed by atoms with E-state index in [0.717, 1.165) is 31.5 Å². The summed E-state index contributed by atoms with van der Waals surface area (Å²) >= 11 is 0. The molecule has 1 saturated heterocycles. The quantitative estimate of drug-likeness (QED) is 0.786. The molecular weight excluding hydrogens is 348 g/mol. The van der Waals surface area contributed by atoms with E-state index < -0.39 is 0 Å². The lowest BCUT2D eigenvalue weighted by molar-refractivity contribution is 0.0512. The Labute approximate surface area is 163 Å². The SMILES string of the molecule is COCC1(CNC(=O)c2ccc(C3CCCCC3)cc2)CCNCC1.Cl. The van der Waals surface area contributed by atoms with Gasteiger partial charge in [0, 0.05) is 24.6 Å². The molecule has 1 saturated carbocycles. The fraction of sp³-hybridized carbons (Fsp3) is 0.667. The van der Waals surface area contributed by atoms with Crippen molar-refractivity contribution < 1.29 is 9.53 Å². The second kappa shape index (κ2) is 10.3. The molecule has 4 nitrogen and oxygen atoms in total. The summed E-state index contributed by atoms with van der Waals surface area (Å²) in [6, 6.07) is 8.29. The van der Waals surface area contributed by atoms with Crippen LogP contribution in [0.2, 0.25) is 0 Å². The van der Waals surface area contributed by atoms with Gasteiger partial charge in [-0.15, -0.1) is 12.4 Å². The van der Waals surface area contributed by atoms with Crippen molar-refractivity contribution in [3.63, 3.8) is 0 Å². The average molecular weight is 381 g/mol. The minimum atomic E-state index is 0. The Morgan fingerprint density at radius 2 is 1.81 bits per heavy atom. The molecule has 1 amide bonds. The summed E-state index contributed by atoms with van der Waals surface area (Å²) in [7, 11) is 1.75. The highest BCUT2D eigenvalue weighted by atomic mass is 35.5. The Morgan fingerprint density at radius 3 is 2.42 bits per heavy atom.